The van der Waals surface area contributed by atoms with E-state index in [1.54, 1.807) is 47.5 Å². The molecule has 10 nitrogen and oxygen atoms in total. The number of nitrogens with zero attached hydrogens (tertiary/aromatic N) is 5. The van der Waals surface area contributed by atoms with E-state index in [9.17, 15) is 4.79 Å². The number of phosphoric acid groups is 1. The maximum Gasteiger partial charge on any atom is 0.466 e. The minimum atomic E-state index is -4.64. The number of ketones is 1. The maximum atomic E-state index is 12.6. The SMILES string of the molecule is O=C(c1ccccn1)c1cnn2c(-c3ccncc3)ccnc12.O=P(O)(O)O. The molecular formula is C17H14N5O5P. The van der Waals surface area contributed by atoms with Gasteiger partial charge in [-0.15, -0.1) is 0 Å². The standard InChI is InChI=1S/C17H11N5O.H3O4P/c23-16(14-3-1-2-7-19-14)13-11-21-22-15(6-10-20-17(13)22)12-4-8-18-9-5-12;1-5(2,3)4/h1-11H;(H3,1,2,3,4). The van der Waals surface area contributed by atoms with E-state index >= 15 is 0 Å². The summed E-state index contributed by atoms with van der Waals surface area (Å²) in [6.07, 6.45) is 8.22. The molecule has 28 heavy (non-hydrogen) atoms. The maximum absolute atomic E-state index is 12.6. The molecule has 142 valence electrons. The molecule has 0 amide bonds. The van der Waals surface area contributed by atoms with Crippen molar-refractivity contribution in [2.75, 3.05) is 0 Å². The molecule has 11 heteroatoms. The number of aromatic nitrogens is 5. The minimum absolute atomic E-state index is 0.194. The van der Waals surface area contributed by atoms with Crippen LogP contribution < -0.4 is 0 Å². The van der Waals surface area contributed by atoms with E-state index in [0.717, 1.165) is 11.3 Å². The van der Waals surface area contributed by atoms with E-state index in [1.165, 1.54) is 6.20 Å². The van der Waals surface area contributed by atoms with Crippen LogP contribution >= 0.6 is 7.82 Å². The van der Waals surface area contributed by atoms with Gasteiger partial charge in [-0.3, -0.25) is 14.8 Å². The van der Waals surface area contributed by atoms with Gasteiger partial charge >= 0.3 is 7.82 Å². The lowest BCUT2D eigenvalue weighted by Crippen LogP contribution is -2.04. The van der Waals surface area contributed by atoms with Gasteiger partial charge in [-0.05, 0) is 30.3 Å². The van der Waals surface area contributed by atoms with Gasteiger partial charge in [0.15, 0.2) is 5.65 Å². The van der Waals surface area contributed by atoms with Crippen molar-refractivity contribution in [3.8, 4) is 11.3 Å². The van der Waals surface area contributed by atoms with Gasteiger partial charge in [-0.25, -0.2) is 14.1 Å². The Kier molecular flexibility index (Phi) is 5.67. The highest BCUT2D eigenvalue weighted by Gasteiger charge is 2.18. The summed E-state index contributed by atoms with van der Waals surface area (Å²) in [5.74, 6) is -0.194. The van der Waals surface area contributed by atoms with E-state index in [-0.39, 0.29) is 5.78 Å². The van der Waals surface area contributed by atoms with Crippen molar-refractivity contribution in [3.63, 3.8) is 0 Å². The lowest BCUT2D eigenvalue weighted by molar-refractivity contribution is 0.103. The Hall–Kier alpha value is -3.30. The predicted molar refractivity (Wildman–Crippen MR) is 98.2 cm³/mol. The summed E-state index contributed by atoms with van der Waals surface area (Å²) in [5.41, 5.74) is 3.11. The summed E-state index contributed by atoms with van der Waals surface area (Å²) >= 11 is 0. The number of pyridine rings is 2. The van der Waals surface area contributed by atoms with Gasteiger partial charge in [0, 0.05) is 30.4 Å². The highest BCUT2D eigenvalue weighted by Crippen LogP contribution is 2.25. The van der Waals surface area contributed by atoms with Crippen LogP contribution in [0.2, 0.25) is 0 Å². The van der Waals surface area contributed by atoms with Crippen molar-refractivity contribution in [1.82, 2.24) is 24.6 Å². The van der Waals surface area contributed by atoms with Crippen molar-refractivity contribution < 1.29 is 24.0 Å². The summed E-state index contributed by atoms with van der Waals surface area (Å²) < 4.78 is 10.5. The summed E-state index contributed by atoms with van der Waals surface area (Å²) in [6, 6.07) is 10.9. The summed E-state index contributed by atoms with van der Waals surface area (Å²) in [6.45, 7) is 0. The van der Waals surface area contributed by atoms with Crippen LogP contribution in [0.3, 0.4) is 0 Å². The van der Waals surface area contributed by atoms with E-state index in [0.29, 0.717) is 16.9 Å². The van der Waals surface area contributed by atoms with E-state index < -0.39 is 7.82 Å². The van der Waals surface area contributed by atoms with Crippen LogP contribution in [-0.4, -0.2) is 45.0 Å². The van der Waals surface area contributed by atoms with Crippen molar-refractivity contribution >= 4 is 19.3 Å². The van der Waals surface area contributed by atoms with Crippen molar-refractivity contribution in [3.05, 3.63) is 78.6 Å². The van der Waals surface area contributed by atoms with Crippen molar-refractivity contribution in [2.24, 2.45) is 0 Å². The first-order valence-corrected chi connectivity index (χ1v) is 9.38. The second-order valence-electron chi connectivity index (χ2n) is 5.42. The molecule has 3 N–H and O–H groups in total. The summed E-state index contributed by atoms with van der Waals surface area (Å²) in [5, 5.41) is 4.33. The lowest BCUT2D eigenvalue weighted by Gasteiger charge is -2.04. The first kappa shape index (κ1) is 19.5. The Morgan fingerprint density at radius 1 is 0.929 bits per heavy atom. The van der Waals surface area contributed by atoms with E-state index in [2.05, 4.69) is 20.1 Å². The fourth-order valence-corrected chi connectivity index (χ4v) is 2.43. The number of carbonyl (C=O) groups excluding carboxylic acids is 1. The lowest BCUT2D eigenvalue weighted by atomic mass is 10.1. The highest BCUT2D eigenvalue weighted by molar-refractivity contribution is 7.45. The Morgan fingerprint density at radius 3 is 2.29 bits per heavy atom. The number of rotatable bonds is 3. The second kappa shape index (κ2) is 8.15. The average molecular weight is 399 g/mol. The van der Waals surface area contributed by atoms with Gasteiger partial charge in [0.2, 0.25) is 5.78 Å². The Balaban J connectivity index is 0.000000403. The smallest absolute Gasteiger partial charge is 0.303 e. The summed E-state index contributed by atoms with van der Waals surface area (Å²) in [4.78, 5) is 46.6. The molecule has 0 saturated heterocycles. The monoisotopic (exact) mass is 399 g/mol. The molecule has 4 heterocycles. The fourth-order valence-electron chi connectivity index (χ4n) is 2.43. The zero-order chi connectivity index (χ0) is 20.1. The third-order valence-corrected chi connectivity index (χ3v) is 3.52. The van der Waals surface area contributed by atoms with Gasteiger partial charge in [-0.1, -0.05) is 6.07 Å². The zero-order valence-corrected chi connectivity index (χ0v) is 15.1. The molecule has 0 aromatic carbocycles. The average Bonchev–Trinajstić information content (AvgIpc) is 3.12. The number of carbonyl (C=O) groups is 1. The number of hydrogen-bond acceptors (Lipinski definition) is 6. The van der Waals surface area contributed by atoms with E-state index in [4.69, 9.17) is 19.2 Å². The van der Waals surface area contributed by atoms with Gasteiger partial charge in [0.1, 0.15) is 5.69 Å². The largest absolute Gasteiger partial charge is 0.466 e. The van der Waals surface area contributed by atoms with Gasteiger partial charge in [-0.2, -0.15) is 5.10 Å². The molecule has 0 fully saturated rings. The van der Waals surface area contributed by atoms with Gasteiger partial charge in [0.05, 0.1) is 17.5 Å². The molecule has 4 aromatic rings. The first-order valence-electron chi connectivity index (χ1n) is 7.82. The topological polar surface area (TPSA) is 151 Å². The fraction of sp³-hybridized carbons (Fsp3) is 0. The third kappa shape index (κ3) is 4.70. The molecule has 0 spiro atoms. The number of hydrogen-bond donors (Lipinski definition) is 3. The zero-order valence-electron chi connectivity index (χ0n) is 14.2. The van der Waals surface area contributed by atoms with Gasteiger partial charge < -0.3 is 14.7 Å². The Morgan fingerprint density at radius 2 is 1.64 bits per heavy atom. The molecule has 0 atom stereocenters. The normalized spacial score (nSPS) is 11.0. The third-order valence-electron chi connectivity index (χ3n) is 3.52. The van der Waals surface area contributed by atoms with Crippen LogP contribution in [0.15, 0.2) is 67.4 Å². The highest BCUT2D eigenvalue weighted by atomic mass is 31.2. The molecule has 0 saturated carbocycles. The van der Waals surface area contributed by atoms with E-state index in [1.807, 2.05) is 18.2 Å². The minimum Gasteiger partial charge on any atom is -0.303 e. The van der Waals surface area contributed by atoms with Crippen molar-refractivity contribution in [1.29, 1.82) is 0 Å². The second-order valence-corrected chi connectivity index (χ2v) is 6.44. The molecule has 0 aliphatic heterocycles. The van der Waals surface area contributed by atoms with Gasteiger partial charge in [0.25, 0.3) is 0 Å². The Bertz CT molecular complexity index is 1140. The predicted octanol–water partition coefficient (Wildman–Crippen LogP) is 1.49. The van der Waals surface area contributed by atoms with Crippen molar-refractivity contribution in [2.45, 2.75) is 0 Å². The molecule has 0 unspecified atom stereocenters. The molecule has 0 aliphatic carbocycles. The summed E-state index contributed by atoms with van der Waals surface area (Å²) in [7, 11) is -4.64. The Labute approximate surface area is 158 Å². The van der Waals surface area contributed by atoms with Crippen LogP contribution in [0.25, 0.3) is 16.9 Å². The van der Waals surface area contributed by atoms with Crippen LogP contribution in [0.4, 0.5) is 0 Å². The molecule has 4 rings (SSSR count). The molecule has 0 radical (unpaired) electrons. The molecule has 4 aromatic heterocycles. The van der Waals surface area contributed by atoms with Crippen LogP contribution in [-0.2, 0) is 4.57 Å². The molecule has 0 aliphatic rings. The van der Waals surface area contributed by atoms with Crippen LogP contribution in [0, 0.1) is 0 Å². The molecular weight excluding hydrogens is 385 g/mol. The quantitative estimate of drug-likeness (QED) is 0.344. The van der Waals surface area contributed by atoms with Crippen LogP contribution in [0.5, 0.6) is 0 Å². The number of fused-ring (bicyclic) bond motifs is 1. The van der Waals surface area contributed by atoms with Crippen LogP contribution in [0.1, 0.15) is 16.1 Å². The first-order chi connectivity index (χ1) is 13.3. The molecule has 0 bridgehead atoms.